The van der Waals surface area contributed by atoms with Gasteiger partial charge in [-0.2, -0.15) is 5.10 Å². The van der Waals surface area contributed by atoms with E-state index in [4.69, 9.17) is 4.74 Å². The van der Waals surface area contributed by atoms with Crippen LogP contribution in [0.25, 0.3) is 11.3 Å². The van der Waals surface area contributed by atoms with Crippen LogP contribution in [0.5, 0.6) is 5.75 Å². The second kappa shape index (κ2) is 6.22. The number of carbonyl (C=O) groups is 1. The summed E-state index contributed by atoms with van der Waals surface area (Å²) in [5, 5.41) is 7.13. The molecular weight excluding hydrogens is 278 g/mol. The van der Waals surface area contributed by atoms with E-state index >= 15 is 0 Å². The molecule has 0 aliphatic carbocycles. The average molecular weight is 299 g/mol. The highest BCUT2D eigenvalue weighted by atomic mass is 16.5. The molecule has 0 bridgehead atoms. The number of carbonyl (C=O) groups excluding carboxylic acids is 1. The summed E-state index contributed by atoms with van der Waals surface area (Å²) in [6, 6.07) is 9.48. The van der Waals surface area contributed by atoms with E-state index in [0.717, 1.165) is 42.9 Å². The van der Waals surface area contributed by atoms with Gasteiger partial charge in [0.05, 0.1) is 12.8 Å². The minimum atomic E-state index is 0.0357. The van der Waals surface area contributed by atoms with Crippen molar-refractivity contribution in [3.05, 3.63) is 36.0 Å². The van der Waals surface area contributed by atoms with Crippen molar-refractivity contribution in [3.8, 4) is 17.0 Å². The molecule has 1 N–H and O–H groups in total. The Balaban J connectivity index is 1.77. The second-order valence-electron chi connectivity index (χ2n) is 5.87. The fourth-order valence-corrected chi connectivity index (χ4v) is 2.74. The Morgan fingerprint density at radius 3 is 2.82 bits per heavy atom. The summed E-state index contributed by atoms with van der Waals surface area (Å²) < 4.78 is 5.22. The lowest BCUT2D eigenvalue weighted by molar-refractivity contribution is 0.0691. The number of likely N-dealkylation sites (tertiary alicyclic amines) is 1. The number of aromatic amines is 1. The first-order valence-electron chi connectivity index (χ1n) is 7.66. The monoisotopic (exact) mass is 299 g/mol. The van der Waals surface area contributed by atoms with Gasteiger partial charge in [-0.05, 0) is 37.0 Å². The van der Waals surface area contributed by atoms with Gasteiger partial charge in [0.25, 0.3) is 5.91 Å². The highest BCUT2D eigenvalue weighted by molar-refractivity contribution is 5.93. The number of piperidine rings is 1. The average Bonchev–Trinajstić information content (AvgIpc) is 3.05. The highest BCUT2D eigenvalue weighted by Crippen LogP contribution is 2.24. The van der Waals surface area contributed by atoms with Crippen molar-refractivity contribution in [1.29, 1.82) is 0 Å². The van der Waals surface area contributed by atoms with Crippen molar-refractivity contribution in [1.82, 2.24) is 15.1 Å². The quantitative estimate of drug-likeness (QED) is 0.948. The maximum atomic E-state index is 12.5. The maximum absolute atomic E-state index is 12.5. The second-order valence-corrected chi connectivity index (χ2v) is 5.87. The standard InChI is InChI=1S/C17H21N3O2/c1-12-6-8-20(9-7-12)17(21)16-11-15(18-19-16)13-4-3-5-14(10-13)22-2/h3-5,10-12H,6-9H2,1-2H3,(H,18,19). The predicted molar refractivity (Wildman–Crippen MR) is 84.9 cm³/mol. The van der Waals surface area contributed by atoms with E-state index in [1.54, 1.807) is 7.11 Å². The van der Waals surface area contributed by atoms with Gasteiger partial charge in [0.1, 0.15) is 11.4 Å². The molecule has 0 spiro atoms. The lowest BCUT2D eigenvalue weighted by atomic mass is 9.99. The van der Waals surface area contributed by atoms with Crippen LogP contribution in [-0.2, 0) is 0 Å². The Labute approximate surface area is 130 Å². The summed E-state index contributed by atoms with van der Waals surface area (Å²) in [5.74, 6) is 1.52. The molecule has 1 aromatic heterocycles. The fourth-order valence-electron chi connectivity index (χ4n) is 2.74. The van der Waals surface area contributed by atoms with Gasteiger partial charge >= 0.3 is 0 Å². The number of benzene rings is 1. The van der Waals surface area contributed by atoms with Gasteiger partial charge in [-0.25, -0.2) is 0 Å². The molecule has 0 atom stereocenters. The molecule has 5 nitrogen and oxygen atoms in total. The number of rotatable bonds is 3. The minimum Gasteiger partial charge on any atom is -0.497 e. The molecule has 3 rings (SSSR count). The summed E-state index contributed by atoms with van der Waals surface area (Å²) in [4.78, 5) is 14.4. The number of nitrogens with zero attached hydrogens (tertiary/aromatic N) is 2. The molecule has 2 aromatic rings. The van der Waals surface area contributed by atoms with Crippen LogP contribution in [0.15, 0.2) is 30.3 Å². The van der Waals surface area contributed by atoms with Crippen LogP contribution >= 0.6 is 0 Å². The van der Waals surface area contributed by atoms with Crippen molar-refractivity contribution in [3.63, 3.8) is 0 Å². The molecule has 1 amide bonds. The molecule has 2 heterocycles. The Morgan fingerprint density at radius 2 is 2.09 bits per heavy atom. The molecule has 1 saturated heterocycles. The number of hydrogen-bond acceptors (Lipinski definition) is 3. The number of amides is 1. The third kappa shape index (κ3) is 2.98. The van der Waals surface area contributed by atoms with Gasteiger partial charge < -0.3 is 9.64 Å². The van der Waals surface area contributed by atoms with Gasteiger partial charge in [0, 0.05) is 18.7 Å². The lowest BCUT2D eigenvalue weighted by Gasteiger charge is -2.29. The highest BCUT2D eigenvalue weighted by Gasteiger charge is 2.23. The van der Waals surface area contributed by atoms with E-state index < -0.39 is 0 Å². The van der Waals surface area contributed by atoms with Crippen LogP contribution in [0, 0.1) is 5.92 Å². The number of nitrogens with one attached hydrogen (secondary N) is 1. The fraction of sp³-hybridized carbons (Fsp3) is 0.412. The molecule has 116 valence electrons. The number of ether oxygens (including phenoxy) is 1. The first-order valence-corrected chi connectivity index (χ1v) is 7.66. The molecule has 5 heteroatoms. The van der Waals surface area contributed by atoms with Crippen LogP contribution in [0.4, 0.5) is 0 Å². The Hall–Kier alpha value is -2.30. The van der Waals surface area contributed by atoms with E-state index in [0.29, 0.717) is 11.6 Å². The van der Waals surface area contributed by atoms with Gasteiger partial charge in [-0.1, -0.05) is 19.1 Å². The van der Waals surface area contributed by atoms with Gasteiger partial charge in [-0.3, -0.25) is 9.89 Å². The summed E-state index contributed by atoms with van der Waals surface area (Å²) in [5.41, 5.74) is 2.24. The summed E-state index contributed by atoms with van der Waals surface area (Å²) >= 11 is 0. The van der Waals surface area contributed by atoms with Gasteiger partial charge in [0.2, 0.25) is 0 Å². The van der Waals surface area contributed by atoms with Crippen molar-refractivity contribution in [2.45, 2.75) is 19.8 Å². The normalized spacial score (nSPS) is 15.8. The zero-order valence-corrected chi connectivity index (χ0v) is 13.0. The van der Waals surface area contributed by atoms with Crippen LogP contribution in [-0.4, -0.2) is 41.2 Å². The SMILES string of the molecule is COc1cccc(-c2cc(C(=O)N3CCC(C)CC3)[nH]n2)c1. The number of methoxy groups -OCH3 is 1. The molecule has 22 heavy (non-hydrogen) atoms. The number of hydrogen-bond donors (Lipinski definition) is 1. The molecule has 1 aromatic carbocycles. The van der Waals surface area contributed by atoms with Crippen molar-refractivity contribution >= 4 is 5.91 Å². The van der Waals surface area contributed by atoms with Gasteiger partial charge in [0.15, 0.2) is 0 Å². The zero-order chi connectivity index (χ0) is 15.5. The first-order chi connectivity index (χ1) is 10.7. The van der Waals surface area contributed by atoms with E-state index in [2.05, 4.69) is 17.1 Å². The van der Waals surface area contributed by atoms with Crippen molar-refractivity contribution in [2.24, 2.45) is 5.92 Å². The molecular formula is C17H21N3O2. The van der Waals surface area contributed by atoms with Crippen LogP contribution in [0.1, 0.15) is 30.3 Å². The topological polar surface area (TPSA) is 58.2 Å². The van der Waals surface area contributed by atoms with Crippen LogP contribution in [0.2, 0.25) is 0 Å². The Bertz CT molecular complexity index is 657. The predicted octanol–water partition coefficient (Wildman–Crippen LogP) is 2.96. The zero-order valence-electron chi connectivity index (χ0n) is 13.0. The Kier molecular flexibility index (Phi) is 4.13. The van der Waals surface area contributed by atoms with Crippen molar-refractivity contribution in [2.75, 3.05) is 20.2 Å². The summed E-state index contributed by atoms with van der Waals surface area (Å²) in [6.45, 7) is 3.89. The molecule has 1 aliphatic rings. The molecule has 0 saturated carbocycles. The third-order valence-electron chi connectivity index (χ3n) is 4.24. The molecule has 0 unspecified atom stereocenters. The summed E-state index contributed by atoms with van der Waals surface area (Å²) in [7, 11) is 1.63. The molecule has 1 aliphatic heterocycles. The van der Waals surface area contributed by atoms with E-state index in [9.17, 15) is 4.79 Å². The lowest BCUT2D eigenvalue weighted by Crippen LogP contribution is -2.38. The Morgan fingerprint density at radius 1 is 1.32 bits per heavy atom. The van der Waals surface area contributed by atoms with Gasteiger partial charge in [-0.15, -0.1) is 0 Å². The van der Waals surface area contributed by atoms with E-state index in [1.165, 1.54) is 0 Å². The van der Waals surface area contributed by atoms with Crippen LogP contribution in [0.3, 0.4) is 0 Å². The molecule has 1 fully saturated rings. The van der Waals surface area contributed by atoms with Crippen molar-refractivity contribution < 1.29 is 9.53 Å². The first kappa shape index (κ1) is 14.6. The largest absolute Gasteiger partial charge is 0.497 e. The number of aromatic nitrogens is 2. The number of H-pyrrole nitrogens is 1. The third-order valence-corrected chi connectivity index (χ3v) is 4.24. The molecule has 0 radical (unpaired) electrons. The van der Waals surface area contributed by atoms with Crippen LogP contribution < -0.4 is 4.74 Å². The maximum Gasteiger partial charge on any atom is 0.271 e. The minimum absolute atomic E-state index is 0.0357. The summed E-state index contributed by atoms with van der Waals surface area (Å²) in [6.07, 6.45) is 2.14. The van der Waals surface area contributed by atoms with E-state index in [-0.39, 0.29) is 5.91 Å². The van der Waals surface area contributed by atoms with E-state index in [1.807, 2.05) is 35.2 Å². The smallest absolute Gasteiger partial charge is 0.271 e.